The van der Waals surface area contributed by atoms with Crippen LogP contribution in [0.3, 0.4) is 0 Å². The topological polar surface area (TPSA) is 61.7 Å². The molecule has 0 saturated heterocycles. The molecule has 0 bridgehead atoms. The Bertz CT molecular complexity index is 4240. The highest BCUT2D eigenvalue weighted by molar-refractivity contribution is 6.23. The monoisotopic (exact) mass is 829 g/mol. The van der Waals surface area contributed by atoms with Gasteiger partial charge in [0.25, 0.3) is 0 Å². The molecule has 6 nitrogen and oxygen atoms in total. The fourth-order valence-corrected chi connectivity index (χ4v) is 10.3. The van der Waals surface area contributed by atoms with Crippen molar-refractivity contribution in [3.63, 3.8) is 0 Å². The minimum atomic E-state index is 0.590. The van der Waals surface area contributed by atoms with Gasteiger partial charge in [-0.2, -0.15) is 0 Å². The van der Waals surface area contributed by atoms with Crippen LogP contribution in [0, 0.1) is 0 Å². The average Bonchev–Trinajstić information content (AvgIpc) is 4.03. The van der Waals surface area contributed by atoms with E-state index in [-0.39, 0.29) is 0 Å². The number of nitrogens with zero attached hydrogens (tertiary/aromatic N) is 5. The fourth-order valence-electron chi connectivity index (χ4n) is 10.3. The molecule has 14 aromatic rings. The number of rotatable bonds is 5. The van der Waals surface area contributed by atoms with E-state index in [0.29, 0.717) is 17.5 Å². The van der Waals surface area contributed by atoms with E-state index in [0.717, 1.165) is 93.6 Å². The Balaban J connectivity index is 0.994. The van der Waals surface area contributed by atoms with Crippen LogP contribution < -0.4 is 0 Å². The first-order chi connectivity index (χ1) is 32.2. The molecule has 0 fully saturated rings. The molecule has 0 radical (unpaired) electrons. The summed E-state index contributed by atoms with van der Waals surface area (Å²) in [5.74, 6) is 1.81. The van der Waals surface area contributed by atoms with E-state index < -0.39 is 0 Å². The first kappa shape index (κ1) is 35.7. The van der Waals surface area contributed by atoms with E-state index >= 15 is 0 Å². The van der Waals surface area contributed by atoms with Crippen molar-refractivity contribution in [2.24, 2.45) is 0 Å². The predicted molar refractivity (Wildman–Crippen MR) is 267 cm³/mol. The van der Waals surface area contributed by atoms with Gasteiger partial charge in [-0.15, -0.1) is 0 Å². The highest BCUT2D eigenvalue weighted by atomic mass is 16.3. The lowest BCUT2D eigenvalue weighted by molar-refractivity contribution is 0.669. The summed E-state index contributed by atoms with van der Waals surface area (Å²) in [6.07, 6.45) is 0. The van der Waals surface area contributed by atoms with Gasteiger partial charge < -0.3 is 13.6 Å². The molecule has 302 valence electrons. The summed E-state index contributed by atoms with van der Waals surface area (Å²) in [5.41, 5.74) is 11.1. The highest BCUT2D eigenvalue weighted by Crippen LogP contribution is 2.43. The van der Waals surface area contributed by atoms with Crippen molar-refractivity contribution in [3.8, 4) is 45.5 Å². The summed E-state index contributed by atoms with van der Waals surface area (Å²) in [6.45, 7) is 0. The lowest BCUT2D eigenvalue weighted by Crippen LogP contribution is -2.00. The van der Waals surface area contributed by atoms with Crippen molar-refractivity contribution in [3.05, 3.63) is 212 Å². The molecule has 0 aliphatic heterocycles. The lowest BCUT2D eigenvalue weighted by atomic mass is 10.0. The number of para-hydroxylation sites is 3. The van der Waals surface area contributed by atoms with Crippen molar-refractivity contribution in [2.45, 2.75) is 0 Å². The van der Waals surface area contributed by atoms with Crippen LogP contribution in [0.4, 0.5) is 0 Å². The maximum Gasteiger partial charge on any atom is 0.164 e. The first-order valence-electron chi connectivity index (χ1n) is 21.9. The normalized spacial score (nSPS) is 12.0. The predicted octanol–water partition coefficient (Wildman–Crippen LogP) is 15.3. The molecule has 4 aromatic heterocycles. The quantitative estimate of drug-likeness (QED) is 0.173. The van der Waals surface area contributed by atoms with Crippen molar-refractivity contribution in [2.75, 3.05) is 0 Å². The molecule has 65 heavy (non-hydrogen) atoms. The Hall–Kier alpha value is -8.87. The summed E-state index contributed by atoms with van der Waals surface area (Å²) in [7, 11) is 0. The third-order valence-electron chi connectivity index (χ3n) is 13.1. The van der Waals surface area contributed by atoms with Gasteiger partial charge in [-0.1, -0.05) is 146 Å². The molecule has 0 aliphatic carbocycles. The van der Waals surface area contributed by atoms with E-state index in [4.69, 9.17) is 19.4 Å². The molecule has 0 unspecified atom stereocenters. The molecule has 14 rings (SSSR count). The molecule has 0 N–H and O–H groups in total. The number of hydrogen-bond acceptors (Lipinski definition) is 4. The number of furan rings is 1. The van der Waals surface area contributed by atoms with Crippen LogP contribution in [-0.2, 0) is 0 Å². The van der Waals surface area contributed by atoms with E-state index in [1.165, 1.54) is 21.5 Å². The Morgan fingerprint density at radius 1 is 0.323 bits per heavy atom. The highest BCUT2D eigenvalue weighted by Gasteiger charge is 2.22. The summed E-state index contributed by atoms with van der Waals surface area (Å²) >= 11 is 0. The third-order valence-corrected chi connectivity index (χ3v) is 13.1. The van der Waals surface area contributed by atoms with E-state index in [9.17, 15) is 0 Å². The van der Waals surface area contributed by atoms with E-state index in [2.05, 4.69) is 203 Å². The van der Waals surface area contributed by atoms with Gasteiger partial charge in [0.15, 0.2) is 17.5 Å². The van der Waals surface area contributed by atoms with Crippen LogP contribution in [0.1, 0.15) is 0 Å². The number of benzene rings is 10. The SMILES string of the molecule is c1ccc(-c2nc(-c3ccc4oc5cc(-n6c7ccccc7c7cc8ccccc8cc76)c6ccccc6c5c4c3)nc(-c3cccc4c3c3ccccc3n4-c3ccccc3)n2)cc1. The fraction of sp³-hybridized carbons (Fsp3) is 0. The molecule has 0 spiro atoms. The van der Waals surface area contributed by atoms with Gasteiger partial charge in [0.05, 0.1) is 27.8 Å². The number of aromatic nitrogens is 5. The molecular weight excluding hydrogens is 795 g/mol. The second kappa shape index (κ2) is 13.8. The van der Waals surface area contributed by atoms with Crippen molar-refractivity contribution in [1.29, 1.82) is 0 Å². The van der Waals surface area contributed by atoms with Crippen LogP contribution in [-0.4, -0.2) is 24.1 Å². The zero-order chi connectivity index (χ0) is 42.6. The van der Waals surface area contributed by atoms with Crippen LogP contribution in [0.25, 0.3) is 133 Å². The molecule has 0 aliphatic rings. The maximum absolute atomic E-state index is 6.83. The van der Waals surface area contributed by atoms with Crippen molar-refractivity contribution < 1.29 is 4.42 Å². The molecule has 10 aromatic carbocycles. The minimum Gasteiger partial charge on any atom is -0.456 e. The Kier molecular flexibility index (Phi) is 7.59. The second-order valence-corrected chi connectivity index (χ2v) is 16.8. The van der Waals surface area contributed by atoms with Gasteiger partial charge in [0, 0.05) is 66.1 Å². The second-order valence-electron chi connectivity index (χ2n) is 16.8. The molecule has 4 heterocycles. The molecule has 0 amide bonds. The Labute approximate surface area is 371 Å². The van der Waals surface area contributed by atoms with Crippen LogP contribution in [0.5, 0.6) is 0 Å². The molecular formula is C59H35N5O. The summed E-state index contributed by atoms with van der Waals surface area (Å²) in [5, 5.41) is 11.4. The number of hydrogen-bond donors (Lipinski definition) is 0. The third kappa shape index (κ3) is 5.38. The van der Waals surface area contributed by atoms with Gasteiger partial charge >= 0.3 is 0 Å². The summed E-state index contributed by atoms with van der Waals surface area (Å²) in [6, 6.07) is 74.9. The minimum absolute atomic E-state index is 0.590. The van der Waals surface area contributed by atoms with Gasteiger partial charge in [-0.25, -0.2) is 15.0 Å². The standard InChI is InChI=1S/C59H35N5O/c1-3-16-36(17-4-1)57-60-58(62-59(61-57)45-26-15-29-50-55(45)44-25-12-14-28-49(44)63(50)40-20-5-2-6-21-40)39-30-31-53-47(33-39)56-43-24-10-9-22-41(43)52(35-54(56)65-53)64-48-27-13-11-23-42(48)46-32-37-18-7-8-19-38(37)34-51(46)64/h1-35H. The van der Waals surface area contributed by atoms with E-state index in [1.54, 1.807) is 0 Å². The molecule has 0 saturated carbocycles. The Morgan fingerprint density at radius 2 is 0.938 bits per heavy atom. The largest absolute Gasteiger partial charge is 0.456 e. The lowest BCUT2D eigenvalue weighted by Gasteiger charge is -2.13. The van der Waals surface area contributed by atoms with Gasteiger partial charge in [-0.3, -0.25) is 0 Å². The smallest absolute Gasteiger partial charge is 0.164 e. The van der Waals surface area contributed by atoms with Gasteiger partial charge in [0.2, 0.25) is 0 Å². The maximum atomic E-state index is 6.83. The first-order valence-corrected chi connectivity index (χ1v) is 21.9. The number of fused-ring (bicyclic) bond motifs is 12. The van der Waals surface area contributed by atoms with Crippen LogP contribution >= 0.6 is 0 Å². The van der Waals surface area contributed by atoms with Crippen LogP contribution in [0.2, 0.25) is 0 Å². The van der Waals surface area contributed by atoms with Gasteiger partial charge in [0.1, 0.15) is 11.2 Å². The summed E-state index contributed by atoms with van der Waals surface area (Å²) < 4.78 is 11.6. The van der Waals surface area contributed by atoms with Crippen LogP contribution in [0.15, 0.2) is 217 Å². The van der Waals surface area contributed by atoms with E-state index in [1.807, 2.05) is 18.2 Å². The van der Waals surface area contributed by atoms with Crippen molar-refractivity contribution >= 4 is 87.1 Å². The summed E-state index contributed by atoms with van der Waals surface area (Å²) in [4.78, 5) is 15.8. The average molecular weight is 830 g/mol. The van der Waals surface area contributed by atoms with Crippen molar-refractivity contribution in [1.82, 2.24) is 24.1 Å². The molecule has 6 heteroatoms. The zero-order valence-electron chi connectivity index (χ0n) is 34.9. The molecule has 0 atom stereocenters. The zero-order valence-corrected chi connectivity index (χ0v) is 34.9. The van der Waals surface area contributed by atoms with Gasteiger partial charge in [-0.05, 0) is 76.8 Å². The Morgan fingerprint density at radius 3 is 1.74 bits per heavy atom.